The van der Waals surface area contributed by atoms with Gasteiger partial charge < -0.3 is 15.0 Å². The standard InChI is InChI=1S/C13H14N2O2/c1-14-11-5-3-9(7-12(11)16)10-4-6-13(17)15(2)8-10/h3-8,14,16H,1-2H3. The maximum atomic E-state index is 11.3. The normalized spacial score (nSPS) is 10.2. The summed E-state index contributed by atoms with van der Waals surface area (Å²) in [5, 5.41) is 12.6. The predicted octanol–water partition coefficient (Wildman–Crippen LogP) is 1.80. The Hall–Kier alpha value is -2.23. The molecule has 4 heteroatoms. The third-order valence-electron chi connectivity index (χ3n) is 2.69. The fraction of sp³-hybridized carbons (Fsp3) is 0.154. The molecule has 0 aliphatic rings. The van der Waals surface area contributed by atoms with Crippen molar-refractivity contribution in [1.82, 2.24) is 4.57 Å². The average Bonchev–Trinajstić information content (AvgIpc) is 2.32. The largest absolute Gasteiger partial charge is 0.506 e. The predicted molar refractivity (Wildman–Crippen MR) is 68.3 cm³/mol. The summed E-state index contributed by atoms with van der Waals surface area (Å²) < 4.78 is 1.51. The molecule has 0 saturated carbocycles. The highest BCUT2D eigenvalue weighted by Gasteiger charge is 2.03. The number of phenolic OH excluding ortho intramolecular Hbond substituents is 1. The molecule has 88 valence electrons. The topological polar surface area (TPSA) is 54.3 Å². The number of rotatable bonds is 2. The van der Waals surface area contributed by atoms with E-state index < -0.39 is 0 Å². The minimum atomic E-state index is -0.0511. The highest BCUT2D eigenvalue weighted by molar-refractivity contribution is 5.69. The Balaban J connectivity index is 2.49. The summed E-state index contributed by atoms with van der Waals surface area (Å²) >= 11 is 0. The van der Waals surface area contributed by atoms with Crippen molar-refractivity contribution in [2.45, 2.75) is 0 Å². The van der Waals surface area contributed by atoms with Gasteiger partial charge in [-0.15, -0.1) is 0 Å². The van der Waals surface area contributed by atoms with Gasteiger partial charge >= 0.3 is 0 Å². The summed E-state index contributed by atoms with van der Waals surface area (Å²) in [5.41, 5.74) is 2.39. The first-order valence-electron chi connectivity index (χ1n) is 5.29. The maximum absolute atomic E-state index is 11.3. The minimum Gasteiger partial charge on any atom is -0.506 e. The Morgan fingerprint density at radius 2 is 1.88 bits per heavy atom. The van der Waals surface area contributed by atoms with Crippen LogP contribution in [0.15, 0.2) is 41.3 Å². The Morgan fingerprint density at radius 3 is 2.47 bits per heavy atom. The lowest BCUT2D eigenvalue weighted by molar-refractivity contribution is 0.478. The molecule has 2 rings (SSSR count). The fourth-order valence-electron chi connectivity index (χ4n) is 1.69. The molecule has 2 N–H and O–H groups in total. The first-order valence-corrected chi connectivity index (χ1v) is 5.29. The molecule has 0 saturated heterocycles. The molecule has 0 atom stereocenters. The van der Waals surface area contributed by atoms with Gasteiger partial charge in [-0.2, -0.15) is 0 Å². The number of aromatic nitrogens is 1. The van der Waals surface area contributed by atoms with Crippen molar-refractivity contribution in [1.29, 1.82) is 0 Å². The second-order valence-electron chi connectivity index (χ2n) is 3.85. The van der Waals surface area contributed by atoms with E-state index in [9.17, 15) is 9.90 Å². The summed E-state index contributed by atoms with van der Waals surface area (Å²) in [5.74, 6) is 0.193. The number of aryl methyl sites for hydroxylation is 1. The number of phenols is 1. The molecular formula is C13H14N2O2. The van der Waals surface area contributed by atoms with Crippen LogP contribution in [0, 0.1) is 0 Å². The van der Waals surface area contributed by atoms with Crippen LogP contribution in [0.3, 0.4) is 0 Å². The number of hydrogen-bond donors (Lipinski definition) is 2. The van der Waals surface area contributed by atoms with Crippen LogP contribution < -0.4 is 10.9 Å². The average molecular weight is 230 g/mol. The van der Waals surface area contributed by atoms with Gasteiger partial charge in [0, 0.05) is 26.4 Å². The number of anilines is 1. The van der Waals surface area contributed by atoms with Crippen LogP contribution in [0.4, 0.5) is 5.69 Å². The van der Waals surface area contributed by atoms with Gasteiger partial charge in [-0.3, -0.25) is 4.79 Å². The van der Waals surface area contributed by atoms with E-state index in [1.807, 2.05) is 6.07 Å². The van der Waals surface area contributed by atoms with E-state index in [1.54, 1.807) is 38.5 Å². The van der Waals surface area contributed by atoms with Gasteiger partial charge in [-0.05, 0) is 29.3 Å². The third-order valence-corrected chi connectivity index (χ3v) is 2.69. The molecule has 2 aromatic rings. The van der Waals surface area contributed by atoms with E-state index in [2.05, 4.69) is 5.32 Å². The van der Waals surface area contributed by atoms with Gasteiger partial charge in [-0.25, -0.2) is 0 Å². The van der Waals surface area contributed by atoms with Crippen LogP contribution >= 0.6 is 0 Å². The van der Waals surface area contributed by atoms with Crippen LogP contribution in [-0.2, 0) is 7.05 Å². The zero-order valence-electron chi connectivity index (χ0n) is 9.77. The van der Waals surface area contributed by atoms with E-state index >= 15 is 0 Å². The molecule has 1 aromatic heterocycles. The summed E-state index contributed by atoms with van der Waals surface area (Å²) in [6.45, 7) is 0. The number of benzene rings is 1. The monoisotopic (exact) mass is 230 g/mol. The molecule has 0 aliphatic heterocycles. The van der Waals surface area contributed by atoms with Gasteiger partial charge in [0.05, 0.1) is 5.69 Å². The van der Waals surface area contributed by atoms with Crippen LogP contribution in [0.2, 0.25) is 0 Å². The summed E-state index contributed by atoms with van der Waals surface area (Å²) in [6.07, 6.45) is 1.75. The zero-order valence-corrected chi connectivity index (χ0v) is 9.77. The number of hydrogen-bond acceptors (Lipinski definition) is 3. The fourth-order valence-corrected chi connectivity index (χ4v) is 1.69. The second kappa shape index (κ2) is 4.33. The van der Waals surface area contributed by atoms with Crippen molar-refractivity contribution in [3.63, 3.8) is 0 Å². The SMILES string of the molecule is CNc1ccc(-c2ccc(=O)n(C)c2)cc1O. The Morgan fingerprint density at radius 1 is 1.18 bits per heavy atom. The van der Waals surface area contributed by atoms with Gasteiger partial charge in [-0.1, -0.05) is 6.07 Å². The molecule has 0 fully saturated rings. The van der Waals surface area contributed by atoms with Crippen molar-refractivity contribution in [3.05, 3.63) is 46.9 Å². The lowest BCUT2D eigenvalue weighted by Crippen LogP contribution is -2.13. The highest BCUT2D eigenvalue weighted by atomic mass is 16.3. The van der Waals surface area contributed by atoms with E-state index in [1.165, 1.54) is 10.6 Å². The molecule has 0 radical (unpaired) electrons. The first kappa shape index (κ1) is 11.3. The maximum Gasteiger partial charge on any atom is 0.250 e. The summed E-state index contributed by atoms with van der Waals surface area (Å²) in [7, 11) is 3.45. The molecule has 1 heterocycles. The molecule has 0 bridgehead atoms. The summed E-state index contributed by atoms with van der Waals surface area (Å²) in [4.78, 5) is 11.3. The van der Waals surface area contributed by atoms with Crippen molar-refractivity contribution in [2.75, 3.05) is 12.4 Å². The van der Waals surface area contributed by atoms with Crippen molar-refractivity contribution < 1.29 is 5.11 Å². The van der Waals surface area contributed by atoms with Crippen LogP contribution in [0.5, 0.6) is 5.75 Å². The second-order valence-corrected chi connectivity index (χ2v) is 3.85. The van der Waals surface area contributed by atoms with Gasteiger partial charge in [0.2, 0.25) is 5.56 Å². The Labute approximate surface area is 99.2 Å². The minimum absolute atomic E-state index is 0.0511. The highest BCUT2D eigenvalue weighted by Crippen LogP contribution is 2.28. The molecule has 1 aromatic carbocycles. The summed E-state index contributed by atoms with van der Waals surface area (Å²) in [6, 6.07) is 8.63. The van der Waals surface area contributed by atoms with E-state index in [0.717, 1.165) is 11.1 Å². The van der Waals surface area contributed by atoms with Crippen LogP contribution in [0.25, 0.3) is 11.1 Å². The quantitative estimate of drug-likeness (QED) is 0.773. The number of pyridine rings is 1. The molecule has 0 aliphatic carbocycles. The number of nitrogens with zero attached hydrogens (tertiary/aromatic N) is 1. The van der Waals surface area contributed by atoms with E-state index in [0.29, 0.717) is 5.69 Å². The van der Waals surface area contributed by atoms with Crippen molar-refractivity contribution in [3.8, 4) is 16.9 Å². The molecule has 0 spiro atoms. The van der Waals surface area contributed by atoms with Gasteiger partial charge in [0.25, 0.3) is 0 Å². The molecule has 0 amide bonds. The zero-order chi connectivity index (χ0) is 12.4. The van der Waals surface area contributed by atoms with E-state index in [4.69, 9.17) is 0 Å². The smallest absolute Gasteiger partial charge is 0.250 e. The molecule has 4 nitrogen and oxygen atoms in total. The molecule has 0 unspecified atom stereocenters. The van der Waals surface area contributed by atoms with Gasteiger partial charge in [0.1, 0.15) is 5.75 Å². The first-order chi connectivity index (χ1) is 8.11. The lowest BCUT2D eigenvalue weighted by atomic mass is 10.1. The van der Waals surface area contributed by atoms with Gasteiger partial charge in [0.15, 0.2) is 0 Å². The van der Waals surface area contributed by atoms with Crippen LogP contribution in [0.1, 0.15) is 0 Å². The Bertz CT molecular complexity index is 603. The number of nitrogens with one attached hydrogen (secondary N) is 1. The Kier molecular flexibility index (Phi) is 2.87. The molecular weight excluding hydrogens is 216 g/mol. The third kappa shape index (κ3) is 2.15. The van der Waals surface area contributed by atoms with E-state index in [-0.39, 0.29) is 11.3 Å². The van der Waals surface area contributed by atoms with Crippen LogP contribution in [-0.4, -0.2) is 16.7 Å². The van der Waals surface area contributed by atoms with Crippen molar-refractivity contribution in [2.24, 2.45) is 7.05 Å². The lowest BCUT2D eigenvalue weighted by Gasteiger charge is -2.07. The number of aromatic hydroxyl groups is 1. The molecule has 17 heavy (non-hydrogen) atoms. The van der Waals surface area contributed by atoms with Crippen molar-refractivity contribution >= 4 is 5.69 Å².